The Labute approximate surface area is 141 Å². The van der Waals surface area contributed by atoms with Crippen molar-refractivity contribution in [2.24, 2.45) is 0 Å². The van der Waals surface area contributed by atoms with Crippen molar-refractivity contribution in [3.63, 3.8) is 0 Å². The summed E-state index contributed by atoms with van der Waals surface area (Å²) in [6.45, 7) is 6.44. The predicted molar refractivity (Wildman–Crippen MR) is 93.5 cm³/mol. The van der Waals surface area contributed by atoms with Crippen LogP contribution in [0.2, 0.25) is 0 Å². The smallest absolute Gasteiger partial charge is 0.337 e. The maximum absolute atomic E-state index is 11.7. The molecule has 3 rings (SSSR count). The summed E-state index contributed by atoms with van der Waals surface area (Å²) in [5.74, 6) is 1.31. The Bertz CT molecular complexity index is 761. The van der Waals surface area contributed by atoms with Crippen LogP contribution in [0.5, 0.6) is 0 Å². The second-order valence-electron chi connectivity index (χ2n) is 5.87. The zero-order valence-corrected chi connectivity index (χ0v) is 14.3. The summed E-state index contributed by atoms with van der Waals surface area (Å²) in [7, 11) is 1.41. The number of benzene rings is 1. The molecule has 1 aromatic carbocycles. The van der Waals surface area contributed by atoms with Gasteiger partial charge in [0.15, 0.2) is 0 Å². The van der Waals surface area contributed by atoms with Crippen molar-refractivity contribution in [2.75, 3.05) is 30.4 Å². The second kappa shape index (κ2) is 6.86. The van der Waals surface area contributed by atoms with Crippen molar-refractivity contribution in [1.82, 2.24) is 9.97 Å². The molecule has 2 heterocycles. The summed E-state index contributed by atoms with van der Waals surface area (Å²) >= 11 is 0. The highest BCUT2D eigenvalue weighted by Gasteiger charge is 2.20. The molecule has 0 aliphatic carbocycles. The molecular formula is C18H22N4O2. The molecule has 0 saturated heterocycles. The largest absolute Gasteiger partial charge is 0.465 e. The van der Waals surface area contributed by atoms with Gasteiger partial charge in [-0.25, -0.2) is 9.78 Å². The SMILES string of the molecule is CCNc1nc(C)cc(N2CCc3cc(C(=O)OC)ccc3C2)n1. The second-order valence-corrected chi connectivity index (χ2v) is 5.87. The first-order chi connectivity index (χ1) is 11.6. The van der Waals surface area contributed by atoms with E-state index in [-0.39, 0.29) is 5.97 Å². The summed E-state index contributed by atoms with van der Waals surface area (Å²) < 4.78 is 4.79. The molecule has 24 heavy (non-hydrogen) atoms. The molecule has 1 aliphatic heterocycles. The fraction of sp³-hybridized carbons (Fsp3) is 0.389. The first-order valence-electron chi connectivity index (χ1n) is 8.15. The minimum Gasteiger partial charge on any atom is -0.465 e. The van der Waals surface area contributed by atoms with Crippen LogP contribution in [0, 0.1) is 6.92 Å². The molecule has 0 bridgehead atoms. The molecule has 0 radical (unpaired) electrons. The third-order valence-corrected chi connectivity index (χ3v) is 4.14. The van der Waals surface area contributed by atoms with Crippen LogP contribution in [0.25, 0.3) is 0 Å². The van der Waals surface area contributed by atoms with Gasteiger partial charge in [0, 0.05) is 31.4 Å². The summed E-state index contributed by atoms with van der Waals surface area (Å²) in [5.41, 5.74) is 3.97. The van der Waals surface area contributed by atoms with E-state index >= 15 is 0 Å². The van der Waals surface area contributed by atoms with E-state index in [4.69, 9.17) is 4.74 Å². The van der Waals surface area contributed by atoms with Gasteiger partial charge in [-0.2, -0.15) is 4.98 Å². The standard InChI is InChI=1S/C18H22N4O2/c1-4-19-18-20-12(2)9-16(21-18)22-8-7-13-10-14(17(23)24-3)5-6-15(13)11-22/h5-6,9-10H,4,7-8,11H2,1-3H3,(H,19,20,21). The van der Waals surface area contributed by atoms with E-state index < -0.39 is 0 Å². The van der Waals surface area contributed by atoms with Gasteiger partial charge in [-0.05, 0) is 43.5 Å². The Morgan fingerprint density at radius 1 is 1.29 bits per heavy atom. The molecule has 0 spiro atoms. The van der Waals surface area contributed by atoms with Gasteiger partial charge in [0.05, 0.1) is 12.7 Å². The van der Waals surface area contributed by atoms with Crippen LogP contribution in [0.1, 0.15) is 34.1 Å². The summed E-state index contributed by atoms with van der Waals surface area (Å²) in [5, 5.41) is 3.17. The summed E-state index contributed by atoms with van der Waals surface area (Å²) in [6.07, 6.45) is 0.875. The minimum absolute atomic E-state index is 0.290. The van der Waals surface area contributed by atoms with E-state index in [2.05, 4.69) is 20.2 Å². The molecule has 1 aliphatic rings. The molecule has 0 fully saturated rings. The molecule has 126 valence electrons. The Hall–Kier alpha value is -2.63. The highest BCUT2D eigenvalue weighted by atomic mass is 16.5. The Morgan fingerprint density at radius 2 is 2.12 bits per heavy atom. The Kier molecular flexibility index (Phi) is 4.64. The number of hydrogen-bond acceptors (Lipinski definition) is 6. The summed E-state index contributed by atoms with van der Waals surface area (Å²) in [6, 6.07) is 7.78. The van der Waals surface area contributed by atoms with Crippen LogP contribution in [0.4, 0.5) is 11.8 Å². The van der Waals surface area contributed by atoms with Gasteiger partial charge < -0.3 is 15.0 Å². The topological polar surface area (TPSA) is 67.4 Å². The van der Waals surface area contributed by atoms with Crippen molar-refractivity contribution >= 4 is 17.7 Å². The number of carbonyl (C=O) groups is 1. The normalized spacial score (nSPS) is 13.4. The molecular weight excluding hydrogens is 304 g/mol. The number of aromatic nitrogens is 2. The minimum atomic E-state index is -0.290. The fourth-order valence-corrected chi connectivity index (χ4v) is 2.94. The molecule has 1 N–H and O–H groups in total. The number of aryl methyl sites for hydroxylation is 1. The first-order valence-corrected chi connectivity index (χ1v) is 8.15. The van der Waals surface area contributed by atoms with Crippen molar-refractivity contribution < 1.29 is 9.53 Å². The fourth-order valence-electron chi connectivity index (χ4n) is 2.94. The maximum atomic E-state index is 11.7. The van der Waals surface area contributed by atoms with E-state index in [1.54, 1.807) is 0 Å². The van der Waals surface area contributed by atoms with Gasteiger partial charge in [0.25, 0.3) is 0 Å². The molecule has 6 heteroatoms. The molecule has 6 nitrogen and oxygen atoms in total. The summed E-state index contributed by atoms with van der Waals surface area (Å²) in [4.78, 5) is 22.9. The zero-order valence-electron chi connectivity index (χ0n) is 14.3. The van der Waals surface area contributed by atoms with Crippen LogP contribution in [0.15, 0.2) is 24.3 Å². The maximum Gasteiger partial charge on any atom is 0.337 e. The third-order valence-electron chi connectivity index (χ3n) is 4.14. The van der Waals surface area contributed by atoms with E-state index in [1.165, 1.54) is 18.2 Å². The number of nitrogens with zero attached hydrogens (tertiary/aromatic N) is 3. The van der Waals surface area contributed by atoms with E-state index in [9.17, 15) is 4.79 Å². The number of hydrogen-bond donors (Lipinski definition) is 1. The lowest BCUT2D eigenvalue weighted by Gasteiger charge is -2.30. The number of esters is 1. The average molecular weight is 326 g/mol. The van der Waals surface area contributed by atoms with Crippen molar-refractivity contribution in [3.05, 3.63) is 46.6 Å². The van der Waals surface area contributed by atoms with E-state index in [1.807, 2.05) is 38.1 Å². The number of ether oxygens (including phenoxy) is 1. The van der Waals surface area contributed by atoms with Gasteiger partial charge >= 0.3 is 5.97 Å². The predicted octanol–water partition coefficient (Wildman–Crippen LogP) is 2.57. The van der Waals surface area contributed by atoms with E-state index in [0.717, 1.165) is 37.6 Å². The lowest BCUT2D eigenvalue weighted by molar-refractivity contribution is 0.0600. The van der Waals surface area contributed by atoms with Crippen LogP contribution < -0.4 is 10.2 Å². The zero-order chi connectivity index (χ0) is 17.1. The Balaban J connectivity index is 1.84. The number of fused-ring (bicyclic) bond motifs is 1. The van der Waals surface area contributed by atoms with Gasteiger partial charge in [0.1, 0.15) is 5.82 Å². The molecule has 0 amide bonds. The highest BCUT2D eigenvalue weighted by molar-refractivity contribution is 5.89. The quantitative estimate of drug-likeness (QED) is 0.871. The Morgan fingerprint density at radius 3 is 2.88 bits per heavy atom. The van der Waals surface area contributed by atoms with Crippen molar-refractivity contribution in [3.8, 4) is 0 Å². The lowest BCUT2D eigenvalue weighted by atomic mass is 9.97. The first kappa shape index (κ1) is 16.2. The van der Waals surface area contributed by atoms with Crippen molar-refractivity contribution in [2.45, 2.75) is 26.8 Å². The van der Waals surface area contributed by atoms with Crippen LogP contribution >= 0.6 is 0 Å². The highest BCUT2D eigenvalue weighted by Crippen LogP contribution is 2.25. The van der Waals surface area contributed by atoms with Crippen LogP contribution in [-0.4, -0.2) is 36.1 Å². The molecule has 0 atom stereocenters. The molecule has 2 aromatic rings. The van der Waals surface area contributed by atoms with Crippen molar-refractivity contribution in [1.29, 1.82) is 0 Å². The van der Waals surface area contributed by atoms with Crippen LogP contribution in [-0.2, 0) is 17.7 Å². The molecule has 0 unspecified atom stereocenters. The molecule has 1 aromatic heterocycles. The number of nitrogens with one attached hydrogen (secondary N) is 1. The van der Waals surface area contributed by atoms with Crippen LogP contribution in [0.3, 0.4) is 0 Å². The third kappa shape index (κ3) is 3.32. The van der Waals surface area contributed by atoms with E-state index in [0.29, 0.717) is 11.5 Å². The number of anilines is 2. The average Bonchev–Trinajstić information content (AvgIpc) is 2.60. The van der Waals surface area contributed by atoms with Gasteiger partial charge in [-0.3, -0.25) is 0 Å². The number of methoxy groups -OCH3 is 1. The van der Waals surface area contributed by atoms with Gasteiger partial charge in [-0.1, -0.05) is 6.07 Å². The van der Waals surface area contributed by atoms with Gasteiger partial charge in [0.2, 0.25) is 5.95 Å². The number of carbonyl (C=O) groups excluding carboxylic acids is 1. The monoisotopic (exact) mass is 326 g/mol. The molecule has 0 saturated carbocycles. The van der Waals surface area contributed by atoms with Gasteiger partial charge in [-0.15, -0.1) is 0 Å². The lowest BCUT2D eigenvalue weighted by Crippen LogP contribution is -2.31. The number of rotatable bonds is 4.